The van der Waals surface area contributed by atoms with Gasteiger partial charge in [0.25, 0.3) is 0 Å². The van der Waals surface area contributed by atoms with Gasteiger partial charge in [0, 0.05) is 26.2 Å². The molecule has 0 aliphatic rings. The second kappa shape index (κ2) is 13.5. The summed E-state index contributed by atoms with van der Waals surface area (Å²) in [5.74, 6) is 0. The third-order valence-corrected chi connectivity index (χ3v) is 8.15. The van der Waals surface area contributed by atoms with Crippen molar-refractivity contribution in [3.05, 3.63) is 32.2 Å². The van der Waals surface area contributed by atoms with Gasteiger partial charge in [-0.1, -0.05) is 75.0 Å². The minimum Gasteiger partial charge on any atom is -0.193 e. The van der Waals surface area contributed by atoms with Crippen molar-refractivity contribution in [2.75, 3.05) is 0 Å². The highest BCUT2D eigenvalue weighted by Gasteiger charge is 2.14. The van der Waals surface area contributed by atoms with Gasteiger partial charge in [0.05, 0.1) is 9.75 Å². The van der Waals surface area contributed by atoms with Crippen LogP contribution in [-0.2, 0) is 25.9 Å². The van der Waals surface area contributed by atoms with Crippen LogP contribution in [0.4, 0.5) is 0 Å². The molecule has 0 aliphatic carbocycles. The van der Waals surface area contributed by atoms with E-state index in [2.05, 4.69) is 47.9 Å². The smallest absolute Gasteiger partial charge is 0.193 e. The Labute approximate surface area is 181 Å². The topological polar surface area (TPSA) is 7.76 Å². The van der Waals surface area contributed by atoms with E-state index < -0.39 is 0 Å². The molecule has 0 aromatic carbocycles. The molecule has 4 heteroatoms. The summed E-state index contributed by atoms with van der Waals surface area (Å²) < 4.78 is 4.95. The van der Waals surface area contributed by atoms with Gasteiger partial charge in [-0.3, -0.25) is 0 Å². The minimum atomic E-state index is 1.17. The van der Waals surface area contributed by atoms with Crippen molar-refractivity contribution in [3.8, 4) is 0 Å². The van der Waals surface area contributed by atoms with Crippen LogP contribution in [0.1, 0.15) is 99.2 Å². The fraction of sp³-hybridized carbons (Fsp3) is 0.750. The first-order valence-corrected chi connectivity index (χ1v) is 13.4. The quantitative estimate of drug-likeness (QED) is 0.222. The van der Waals surface area contributed by atoms with Crippen molar-refractivity contribution in [2.45, 2.75) is 118 Å². The molecular formula is C24H42N2S2+2. The summed E-state index contributed by atoms with van der Waals surface area (Å²) in [6, 6.07) is 0. The predicted molar refractivity (Wildman–Crippen MR) is 123 cm³/mol. The van der Waals surface area contributed by atoms with Crippen LogP contribution in [0.5, 0.6) is 0 Å². The van der Waals surface area contributed by atoms with Gasteiger partial charge in [-0.25, -0.2) is 0 Å². The fourth-order valence-electron chi connectivity index (χ4n) is 4.11. The highest BCUT2D eigenvalue weighted by molar-refractivity contribution is 7.09. The maximum absolute atomic E-state index is 2.49. The van der Waals surface area contributed by atoms with Crippen molar-refractivity contribution >= 4 is 22.7 Å². The molecule has 2 rings (SSSR count). The van der Waals surface area contributed by atoms with Gasteiger partial charge in [0.1, 0.15) is 13.1 Å². The van der Waals surface area contributed by atoms with Gasteiger partial charge in [-0.05, 0) is 26.2 Å². The van der Waals surface area contributed by atoms with Crippen LogP contribution in [0.2, 0.25) is 0 Å². The number of rotatable bonds is 15. The van der Waals surface area contributed by atoms with E-state index in [0.717, 1.165) is 0 Å². The van der Waals surface area contributed by atoms with Crippen LogP contribution in [0.15, 0.2) is 11.0 Å². The summed E-state index contributed by atoms with van der Waals surface area (Å²) in [5.41, 5.74) is 7.67. The normalized spacial score (nSPS) is 11.4. The molecule has 0 radical (unpaired) electrons. The van der Waals surface area contributed by atoms with E-state index in [1.54, 1.807) is 10.6 Å². The Morgan fingerprint density at radius 1 is 0.643 bits per heavy atom. The maximum Gasteiger partial charge on any atom is 0.225 e. The molecule has 0 bridgehead atoms. The zero-order chi connectivity index (χ0) is 20.2. The molecule has 0 unspecified atom stereocenters. The van der Waals surface area contributed by atoms with Gasteiger partial charge in [0.2, 0.25) is 11.0 Å². The summed E-state index contributed by atoms with van der Waals surface area (Å²) in [7, 11) is 0. The number of aryl methyl sites for hydroxylation is 4. The van der Waals surface area contributed by atoms with Crippen LogP contribution >= 0.6 is 22.7 Å². The number of aromatic nitrogens is 2. The minimum absolute atomic E-state index is 1.17. The molecule has 0 spiro atoms. The van der Waals surface area contributed by atoms with Crippen molar-refractivity contribution in [1.29, 1.82) is 0 Å². The molecule has 158 valence electrons. The number of hydrogen-bond donors (Lipinski definition) is 0. The number of nitrogens with zero attached hydrogens (tertiary/aromatic N) is 2. The van der Waals surface area contributed by atoms with Crippen LogP contribution in [0, 0.1) is 13.8 Å². The van der Waals surface area contributed by atoms with E-state index in [1.165, 1.54) is 101 Å². The highest BCUT2D eigenvalue weighted by Crippen LogP contribution is 2.14. The maximum atomic E-state index is 2.49. The summed E-state index contributed by atoms with van der Waals surface area (Å²) >= 11 is 3.82. The highest BCUT2D eigenvalue weighted by atomic mass is 32.1. The molecule has 2 aromatic rings. The van der Waals surface area contributed by atoms with Crippen molar-refractivity contribution in [1.82, 2.24) is 0 Å². The largest absolute Gasteiger partial charge is 0.225 e. The Balaban J connectivity index is 1.40. The Kier molecular flexibility index (Phi) is 11.3. The Bertz CT molecular complexity index is 672. The van der Waals surface area contributed by atoms with Crippen molar-refractivity contribution in [2.24, 2.45) is 0 Å². The molecule has 2 heterocycles. The van der Waals surface area contributed by atoms with E-state index in [-0.39, 0.29) is 0 Å². The summed E-state index contributed by atoms with van der Waals surface area (Å²) in [5, 5.41) is 0. The van der Waals surface area contributed by atoms with E-state index in [0.29, 0.717) is 0 Å². The van der Waals surface area contributed by atoms with Crippen LogP contribution in [0.3, 0.4) is 0 Å². The van der Waals surface area contributed by atoms with Gasteiger partial charge in [-0.15, -0.1) is 0 Å². The lowest BCUT2D eigenvalue weighted by Crippen LogP contribution is -2.35. The zero-order valence-corrected chi connectivity index (χ0v) is 20.4. The number of unbranched alkanes of at least 4 members (excludes halogenated alkanes) is 9. The molecule has 0 fully saturated rings. The Morgan fingerprint density at radius 3 is 1.64 bits per heavy atom. The lowest BCUT2D eigenvalue weighted by molar-refractivity contribution is -0.699. The van der Waals surface area contributed by atoms with Crippen LogP contribution in [0.25, 0.3) is 0 Å². The molecule has 28 heavy (non-hydrogen) atoms. The molecule has 0 saturated heterocycles. The Hall–Kier alpha value is -0.740. The number of hydrogen-bond acceptors (Lipinski definition) is 2. The molecule has 0 aliphatic heterocycles. The van der Waals surface area contributed by atoms with Gasteiger partial charge in [0.15, 0.2) is 11.4 Å². The summed E-state index contributed by atoms with van der Waals surface area (Å²) in [4.78, 5) is 3.05. The Morgan fingerprint density at radius 2 is 1.14 bits per heavy atom. The van der Waals surface area contributed by atoms with Gasteiger partial charge >= 0.3 is 0 Å². The van der Waals surface area contributed by atoms with Gasteiger partial charge < -0.3 is 0 Å². The molecule has 2 nitrogen and oxygen atoms in total. The molecule has 2 aromatic heterocycles. The van der Waals surface area contributed by atoms with E-state index in [9.17, 15) is 0 Å². The van der Waals surface area contributed by atoms with Crippen molar-refractivity contribution in [3.63, 3.8) is 0 Å². The molecule has 0 atom stereocenters. The first kappa shape index (κ1) is 23.5. The fourth-order valence-corrected chi connectivity index (χ4v) is 5.99. The predicted octanol–water partition coefficient (Wildman–Crippen LogP) is 6.73. The van der Waals surface area contributed by atoms with Gasteiger partial charge in [-0.2, -0.15) is 9.13 Å². The average Bonchev–Trinajstić information content (AvgIpc) is 3.24. The third kappa shape index (κ3) is 7.59. The molecule has 0 amide bonds. The molecule has 0 saturated carbocycles. The van der Waals surface area contributed by atoms with E-state index >= 15 is 0 Å². The number of thiazole rings is 2. The first-order chi connectivity index (χ1) is 13.7. The SMILES string of the molecule is CCc1sc[n+](CCCCCCCCCCCC[n+]2csc(C)c2CC)c1C. The van der Waals surface area contributed by atoms with Crippen molar-refractivity contribution < 1.29 is 9.13 Å². The van der Waals surface area contributed by atoms with E-state index in [1.807, 2.05) is 22.7 Å². The average molecular weight is 423 g/mol. The first-order valence-electron chi connectivity index (χ1n) is 11.6. The third-order valence-electron chi connectivity index (χ3n) is 5.97. The summed E-state index contributed by atoms with van der Waals surface area (Å²) in [6.45, 7) is 11.5. The lowest BCUT2D eigenvalue weighted by atomic mass is 10.1. The molecule has 0 N–H and O–H groups in total. The monoisotopic (exact) mass is 422 g/mol. The zero-order valence-electron chi connectivity index (χ0n) is 18.8. The lowest BCUT2D eigenvalue weighted by Gasteiger charge is -2.02. The second-order valence-electron chi connectivity index (χ2n) is 8.09. The van der Waals surface area contributed by atoms with Crippen LogP contribution in [-0.4, -0.2) is 0 Å². The van der Waals surface area contributed by atoms with E-state index in [4.69, 9.17) is 0 Å². The summed E-state index contributed by atoms with van der Waals surface area (Å²) in [6.07, 6.45) is 16.4. The van der Waals surface area contributed by atoms with Crippen LogP contribution < -0.4 is 9.13 Å². The molecular weight excluding hydrogens is 380 g/mol. The standard InChI is InChI=1S/C24H42N2S2/c1-5-23-22(4)27-20-26(23)18-16-14-12-10-8-7-9-11-13-15-17-25-19-28-24(6-2)21(25)3/h19-20H,5-18H2,1-4H3/q+2. The second-order valence-corrected chi connectivity index (χ2v) is 10.1.